The monoisotopic (exact) mass is 488 g/mol. The number of halogens is 1. The lowest BCUT2D eigenvalue weighted by atomic mass is 10.1. The third-order valence-corrected chi connectivity index (χ3v) is 6.18. The fourth-order valence-corrected chi connectivity index (χ4v) is 4.56. The van der Waals surface area contributed by atoms with Crippen LogP contribution in [0.1, 0.15) is 40.8 Å². The summed E-state index contributed by atoms with van der Waals surface area (Å²) in [5.41, 5.74) is 3.01. The van der Waals surface area contributed by atoms with Crippen molar-refractivity contribution in [3.63, 3.8) is 0 Å². The SMILES string of the molecule is CN(C)Cc1nnnn1-c1cccc(C(=O)N2CCC[C@H]2c2ccnc(-c3cccc(Cl)c3)n2)c1. The molecule has 10 heteroatoms. The number of hydrogen-bond acceptors (Lipinski definition) is 7. The lowest BCUT2D eigenvalue weighted by Crippen LogP contribution is -2.31. The van der Waals surface area contributed by atoms with Crippen LogP contribution in [0.2, 0.25) is 5.02 Å². The highest BCUT2D eigenvalue weighted by Gasteiger charge is 2.32. The van der Waals surface area contributed by atoms with Crippen molar-refractivity contribution in [1.29, 1.82) is 0 Å². The number of amides is 1. The highest BCUT2D eigenvalue weighted by Crippen LogP contribution is 2.33. The molecule has 2 aromatic carbocycles. The molecule has 178 valence electrons. The summed E-state index contributed by atoms with van der Waals surface area (Å²) in [6.07, 6.45) is 3.49. The average molecular weight is 489 g/mol. The standard InChI is InChI=1S/C25H25ClN8O/c1-32(2)16-23-29-30-31-34(23)20-9-4-7-18(15-20)25(35)33-13-5-10-22(33)21-11-12-27-24(28-21)17-6-3-8-19(26)14-17/h3-4,6-9,11-12,14-15,22H,5,10,13,16H2,1-2H3/t22-/m0/s1. The minimum atomic E-state index is -0.121. The average Bonchev–Trinajstić information content (AvgIpc) is 3.53. The minimum absolute atomic E-state index is 0.0421. The molecular formula is C25H25ClN8O. The molecule has 3 heterocycles. The normalized spacial score (nSPS) is 15.7. The van der Waals surface area contributed by atoms with Gasteiger partial charge in [-0.3, -0.25) is 4.79 Å². The van der Waals surface area contributed by atoms with E-state index in [0.29, 0.717) is 35.3 Å². The van der Waals surface area contributed by atoms with Gasteiger partial charge in [-0.15, -0.1) is 5.10 Å². The lowest BCUT2D eigenvalue weighted by Gasteiger charge is -2.25. The third-order valence-electron chi connectivity index (χ3n) is 5.94. The number of aromatic nitrogens is 6. The van der Waals surface area contributed by atoms with Crippen LogP contribution < -0.4 is 0 Å². The number of tetrazole rings is 1. The van der Waals surface area contributed by atoms with Gasteiger partial charge in [-0.2, -0.15) is 4.68 Å². The van der Waals surface area contributed by atoms with Crippen LogP contribution in [0, 0.1) is 0 Å². The molecule has 35 heavy (non-hydrogen) atoms. The summed E-state index contributed by atoms with van der Waals surface area (Å²) in [5.74, 6) is 1.26. The second-order valence-electron chi connectivity index (χ2n) is 8.77. The van der Waals surface area contributed by atoms with Gasteiger partial charge in [0.2, 0.25) is 0 Å². The van der Waals surface area contributed by atoms with E-state index in [0.717, 1.165) is 29.8 Å². The van der Waals surface area contributed by atoms with Crippen molar-refractivity contribution in [3.8, 4) is 17.1 Å². The summed E-state index contributed by atoms with van der Waals surface area (Å²) in [4.78, 5) is 26.7. The number of rotatable bonds is 6. The Morgan fingerprint density at radius 1 is 1.14 bits per heavy atom. The Bertz CT molecular complexity index is 1350. The predicted octanol–water partition coefficient (Wildman–Crippen LogP) is 3.81. The Labute approximate surface area is 208 Å². The van der Waals surface area contributed by atoms with Gasteiger partial charge in [0.15, 0.2) is 11.6 Å². The van der Waals surface area contributed by atoms with E-state index in [2.05, 4.69) is 20.5 Å². The number of carbonyl (C=O) groups excluding carboxylic acids is 1. The van der Waals surface area contributed by atoms with E-state index in [1.165, 1.54) is 0 Å². The molecule has 1 amide bonds. The van der Waals surface area contributed by atoms with Crippen LogP contribution >= 0.6 is 11.6 Å². The van der Waals surface area contributed by atoms with Crippen LogP contribution in [-0.2, 0) is 6.54 Å². The molecule has 1 fully saturated rings. The van der Waals surface area contributed by atoms with Crippen molar-refractivity contribution in [3.05, 3.63) is 82.9 Å². The first-order chi connectivity index (χ1) is 17.0. The minimum Gasteiger partial charge on any atom is -0.330 e. The molecule has 0 radical (unpaired) electrons. The highest BCUT2D eigenvalue weighted by molar-refractivity contribution is 6.30. The molecule has 2 aromatic heterocycles. The molecule has 1 aliphatic rings. The van der Waals surface area contributed by atoms with E-state index in [4.69, 9.17) is 16.6 Å². The summed E-state index contributed by atoms with van der Waals surface area (Å²) in [6.45, 7) is 1.25. The summed E-state index contributed by atoms with van der Waals surface area (Å²) in [7, 11) is 3.91. The number of carbonyl (C=O) groups is 1. The van der Waals surface area contributed by atoms with Gasteiger partial charge in [-0.25, -0.2) is 9.97 Å². The summed E-state index contributed by atoms with van der Waals surface area (Å²) < 4.78 is 1.67. The topological polar surface area (TPSA) is 92.9 Å². The largest absolute Gasteiger partial charge is 0.330 e. The number of hydrogen-bond donors (Lipinski definition) is 0. The van der Waals surface area contributed by atoms with Gasteiger partial charge in [0.05, 0.1) is 24.0 Å². The van der Waals surface area contributed by atoms with Crippen molar-refractivity contribution in [2.45, 2.75) is 25.4 Å². The quantitative estimate of drug-likeness (QED) is 0.407. The molecule has 0 saturated carbocycles. The van der Waals surface area contributed by atoms with E-state index >= 15 is 0 Å². The van der Waals surface area contributed by atoms with E-state index in [1.807, 2.05) is 78.5 Å². The molecule has 1 aliphatic heterocycles. The second kappa shape index (κ2) is 9.89. The van der Waals surface area contributed by atoms with Gasteiger partial charge in [0, 0.05) is 28.9 Å². The summed E-state index contributed by atoms with van der Waals surface area (Å²) in [5, 5.41) is 12.7. The van der Waals surface area contributed by atoms with E-state index in [9.17, 15) is 4.79 Å². The van der Waals surface area contributed by atoms with Crippen LogP contribution in [0.3, 0.4) is 0 Å². The Morgan fingerprint density at radius 3 is 2.83 bits per heavy atom. The van der Waals surface area contributed by atoms with Gasteiger partial charge in [0.25, 0.3) is 5.91 Å². The molecular weight excluding hydrogens is 464 g/mol. The molecule has 0 bridgehead atoms. The molecule has 0 unspecified atom stereocenters. The fourth-order valence-electron chi connectivity index (χ4n) is 4.37. The molecule has 1 atom stereocenters. The maximum absolute atomic E-state index is 13.6. The van der Waals surface area contributed by atoms with Gasteiger partial charge in [-0.1, -0.05) is 29.8 Å². The Morgan fingerprint density at radius 2 is 2.00 bits per heavy atom. The predicted molar refractivity (Wildman–Crippen MR) is 132 cm³/mol. The number of nitrogens with zero attached hydrogens (tertiary/aromatic N) is 8. The summed E-state index contributed by atoms with van der Waals surface area (Å²) in [6, 6.07) is 16.6. The molecule has 5 rings (SSSR count). The van der Waals surface area contributed by atoms with E-state index in [1.54, 1.807) is 10.9 Å². The lowest BCUT2D eigenvalue weighted by molar-refractivity contribution is 0.0733. The molecule has 9 nitrogen and oxygen atoms in total. The molecule has 0 spiro atoms. The van der Waals surface area contributed by atoms with Crippen molar-refractivity contribution in [1.82, 2.24) is 40.0 Å². The number of benzene rings is 2. The van der Waals surface area contributed by atoms with Crippen LogP contribution in [0.15, 0.2) is 60.8 Å². The zero-order valence-electron chi connectivity index (χ0n) is 19.5. The van der Waals surface area contributed by atoms with Gasteiger partial charge in [0.1, 0.15) is 0 Å². The van der Waals surface area contributed by atoms with Gasteiger partial charge >= 0.3 is 0 Å². The number of likely N-dealkylation sites (tertiary alicyclic amines) is 1. The smallest absolute Gasteiger partial charge is 0.254 e. The first kappa shape index (κ1) is 23.1. The fraction of sp³-hybridized carbons (Fsp3) is 0.280. The van der Waals surface area contributed by atoms with Crippen molar-refractivity contribution < 1.29 is 4.79 Å². The molecule has 4 aromatic rings. The zero-order chi connectivity index (χ0) is 24.4. The van der Waals surface area contributed by atoms with Crippen LogP contribution in [0.5, 0.6) is 0 Å². The Hall–Kier alpha value is -3.69. The van der Waals surface area contributed by atoms with Crippen LogP contribution in [0.25, 0.3) is 17.1 Å². The third kappa shape index (κ3) is 4.91. The van der Waals surface area contributed by atoms with E-state index < -0.39 is 0 Å². The van der Waals surface area contributed by atoms with Crippen molar-refractivity contribution in [2.24, 2.45) is 0 Å². The van der Waals surface area contributed by atoms with Crippen LogP contribution in [0.4, 0.5) is 0 Å². The van der Waals surface area contributed by atoms with Crippen molar-refractivity contribution in [2.75, 3.05) is 20.6 Å². The Balaban J connectivity index is 1.41. The molecule has 0 aliphatic carbocycles. The first-order valence-corrected chi connectivity index (χ1v) is 11.8. The maximum atomic E-state index is 13.6. The first-order valence-electron chi connectivity index (χ1n) is 11.4. The second-order valence-corrected chi connectivity index (χ2v) is 9.20. The van der Waals surface area contributed by atoms with Crippen molar-refractivity contribution >= 4 is 17.5 Å². The summed E-state index contributed by atoms with van der Waals surface area (Å²) >= 11 is 6.15. The zero-order valence-corrected chi connectivity index (χ0v) is 20.3. The van der Waals surface area contributed by atoms with E-state index in [-0.39, 0.29) is 11.9 Å². The van der Waals surface area contributed by atoms with Crippen LogP contribution in [-0.4, -0.2) is 66.5 Å². The highest BCUT2D eigenvalue weighted by atomic mass is 35.5. The molecule has 1 saturated heterocycles. The maximum Gasteiger partial charge on any atom is 0.254 e. The Kier molecular flexibility index (Phi) is 6.52. The van der Waals surface area contributed by atoms with Gasteiger partial charge in [-0.05, 0) is 73.8 Å². The van der Waals surface area contributed by atoms with Gasteiger partial charge < -0.3 is 9.80 Å². The molecule has 0 N–H and O–H groups in total.